The van der Waals surface area contributed by atoms with Crippen molar-refractivity contribution in [2.24, 2.45) is 0 Å². The Morgan fingerprint density at radius 1 is 1.38 bits per heavy atom. The van der Waals surface area contributed by atoms with E-state index in [-0.39, 0.29) is 3.41 Å². The molecule has 0 bridgehead atoms. The van der Waals surface area contributed by atoms with Crippen LogP contribution in [0.1, 0.15) is 20.8 Å². The molecule has 0 spiro atoms. The molecular weight excluding hydrogens is 156 g/mol. The molecule has 0 N–H and O–H groups in total. The standard InChI is InChI=1S/C5H12S3/c1-4(2)8-5(3,6)7/h4,6-7H,1-3H3. The van der Waals surface area contributed by atoms with Crippen molar-refractivity contribution in [3.8, 4) is 0 Å². The molecule has 0 heterocycles. The van der Waals surface area contributed by atoms with Crippen molar-refractivity contribution < 1.29 is 0 Å². The number of thiol groups is 2. The lowest BCUT2D eigenvalue weighted by molar-refractivity contribution is 1.10. The van der Waals surface area contributed by atoms with Crippen LogP contribution in [0.2, 0.25) is 0 Å². The van der Waals surface area contributed by atoms with E-state index < -0.39 is 0 Å². The minimum absolute atomic E-state index is 0.172. The molecule has 50 valence electrons. The fourth-order valence-electron chi connectivity index (χ4n) is 0.447. The predicted molar refractivity (Wildman–Crippen MR) is 49.1 cm³/mol. The molecule has 0 nitrogen and oxygen atoms in total. The van der Waals surface area contributed by atoms with Crippen molar-refractivity contribution in [2.45, 2.75) is 29.4 Å². The summed E-state index contributed by atoms with van der Waals surface area (Å²) < 4.78 is -0.172. The molecule has 0 radical (unpaired) electrons. The molecule has 0 aliphatic rings. The lowest BCUT2D eigenvalue weighted by Crippen LogP contribution is -2.04. The minimum Gasteiger partial charge on any atom is -0.151 e. The molecule has 0 amide bonds. The predicted octanol–water partition coefficient (Wildman–Crippen LogP) is 2.66. The Morgan fingerprint density at radius 2 is 1.75 bits per heavy atom. The summed E-state index contributed by atoms with van der Waals surface area (Å²) in [4.78, 5) is 0. The zero-order chi connectivity index (χ0) is 6.78. The zero-order valence-electron chi connectivity index (χ0n) is 5.38. The van der Waals surface area contributed by atoms with Gasteiger partial charge in [0.2, 0.25) is 0 Å². The van der Waals surface area contributed by atoms with Gasteiger partial charge in [-0.05, 0) is 6.92 Å². The van der Waals surface area contributed by atoms with E-state index in [1.165, 1.54) is 0 Å². The molecule has 0 saturated heterocycles. The monoisotopic (exact) mass is 168 g/mol. The highest BCUT2D eigenvalue weighted by atomic mass is 32.2. The van der Waals surface area contributed by atoms with Crippen LogP contribution in [0, 0.1) is 0 Å². The lowest BCUT2D eigenvalue weighted by Gasteiger charge is -2.17. The molecular formula is C5H12S3. The molecule has 0 aromatic carbocycles. The summed E-state index contributed by atoms with van der Waals surface area (Å²) in [6, 6.07) is 0. The average molecular weight is 168 g/mol. The number of hydrogen-bond donors (Lipinski definition) is 2. The van der Waals surface area contributed by atoms with Crippen molar-refractivity contribution in [2.75, 3.05) is 0 Å². The highest BCUT2D eigenvalue weighted by Gasteiger charge is 2.13. The molecule has 0 aliphatic carbocycles. The van der Waals surface area contributed by atoms with Gasteiger partial charge in [0, 0.05) is 5.25 Å². The summed E-state index contributed by atoms with van der Waals surface area (Å²) in [5.41, 5.74) is 0. The summed E-state index contributed by atoms with van der Waals surface area (Å²) >= 11 is 10.2. The molecule has 0 rings (SSSR count). The minimum atomic E-state index is -0.172. The van der Waals surface area contributed by atoms with Crippen molar-refractivity contribution in [3.63, 3.8) is 0 Å². The smallest absolute Gasteiger partial charge is 0.0983 e. The Morgan fingerprint density at radius 3 is 1.75 bits per heavy atom. The summed E-state index contributed by atoms with van der Waals surface area (Å²) in [6.45, 7) is 6.24. The third kappa shape index (κ3) is 7.05. The van der Waals surface area contributed by atoms with Crippen molar-refractivity contribution in [1.29, 1.82) is 0 Å². The molecule has 0 atom stereocenters. The summed E-state index contributed by atoms with van der Waals surface area (Å²) in [5, 5.41) is 0.606. The van der Waals surface area contributed by atoms with Crippen LogP contribution in [0.4, 0.5) is 0 Å². The van der Waals surface area contributed by atoms with E-state index in [0.29, 0.717) is 5.25 Å². The van der Waals surface area contributed by atoms with Gasteiger partial charge >= 0.3 is 0 Å². The molecule has 0 saturated carbocycles. The Labute approximate surface area is 66.6 Å². The largest absolute Gasteiger partial charge is 0.151 e. The van der Waals surface area contributed by atoms with Gasteiger partial charge in [0.15, 0.2) is 0 Å². The number of hydrogen-bond acceptors (Lipinski definition) is 3. The quantitative estimate of drug-likeness (QED) is 0.472. The van der Waals surface area contributed by atoms with Gasteiger partial charge < -0.3 is 0 Å². The molecule has 3 heteroatoms. The second kappa shape index (κ2) is 3.28. The first kappa shape index (κ1) is 9.05. The summed E-state index contributed by atoms with van der Waals surface area (Å²) in [5.74, 6) is 0. The van der Waals surface area contributed by atoms with Gasteiger partial charge in [0.25, 0.3) is 0 Å². The summed E-state index contributed by atoms with van der Waals surface area (Å²) in [6.07, 6.45) is 0. The van der Waals surface area contributed by atoms with Gasteiger partial charge in [-0.1, -0.05) is 13.8 Å². The van der Waals surface area contributed by atoms with Gasteiger partial charge in [-0.25, -0.2) is 0 Å². The highest BCUT2D eigenvalue weighted by Crippen LogP contribution is 2.35. The SMILES string of the molecule is CC(C)SC(C)(S)S. The van der Waals surface area contributed by atoms with E-state index in [0.717, 1.165) is 0 Å². The first-order valence-electron chi connectivity index (χ1n) is 2.54. The second-order valence-corrected chi connectivity index (χ2v) is 6.84. The van der Waals surface area contributed by atoms with Crippen LogP contribution >= 0.6 is 37.0 Å². The maximum absolute atomic E-state index is 4.22. The topological polar surface area (TPSA) is 0 Å². The first-order chi connectivity index (χ1) is 3.42. The van der Waals surface area contributed by atoms with Crippen LogP contribution in [0.15, 0.2) is 0 Å². The van der Waals surface area contributed by atoms with E-state index in [4.69, 9.17) is 0 Å². The fourth-order valence-corrected chi connectivity index (χ4v) is 2.60. The van der Waals surface area contributed by atoms with Gasteiger partial charge in [-0.15, -0.1) is 11.8 Å². The molecule has 0 unspecified atom stereocenters. The number of thioether (sulfide) groups is 1. The Bertz CT molecular complexity index is 62.6. The normalized spacial score (nSPS) is 12.8. The van der Waals surface area contributed by atoms with Crippen LogP contribution in [0.25, 0.3) is 0 Å². The van der Waals surface area contributed by atoms with Crippen molar-refractivity contribution in [3.05, 3.63) is 0 Å². The maximum atomic E-state index is 4.22. The lowest BCUT2D eigenvalue weighted by atomic mass is 10.6. The third-order valence-electron chi connectivity index (χ3n) is 0.459. The fraction of sp³-hybridized carbons (Fsp3) is 1.00. The first-order valence-corrected chi connectivity index (χ1v) is 4.32. The molecule has 0 aromatic heterocycles. The van der Waals surface area contributed by atoms with Gasteiger partial charge in [-0.2, -0.15) is 25.3 Å². The highest BCUT2D eigenvalue weighted by molar-refractivity contribution is 8.24. The van der Waals surface area contributed by atoms with E-state index >= 15 is 0 Å². The van der Waals surface area contributed by atoms with Crippen LogP contribution in [-0.2, 0) is 0 Å². The van der Waals surface area contributed by atoms with Crippen molar-refractivity contribution >= 4 is 37.0 Å². The third-order valence-corrected chi connectivity index (χ3v) is 2.01. The van der Waals surface area contributed by atoms with E-state index in [1.807, 2.05) is 6.92 Å². The number of rotatable bonds is 2. The Kier molecular flexibility index (Phi) is 3.71. The van der Waals surface area contributed by atoms with E-state index in [1.54, 1.807) is 11.8 Å². The van der Waals surface area contributed by atoms with Gasteiger partial charge in [-0.3, -0.25) is 0 Å². The maximum Gasteiger partial charge on any atom is 0.0983 e. The van der Waals surface area contributed by atoms with Crippen LogP contribution in [0.3, 0.4) is 0 Å². The Hall–Kier alpha value is 1.05. The zero-order valence-corrected chi connectivity index (χ0v) is 7.99. The van der Waals surface area contributed by atoms with E-state index in [2.05, 4.69) is 39.1 Å². The molecule has 0 aliphatic heterocycles. The van der Waals surface area contributed by atoms with Crippen LogP contribution in [-0.4, -0.2) is 8.66 Å². The molecule has 0 aromatic rings. The Balaban J connectivity index is 3.39. The molecule has 8 heavy (non-hydrogen) atoms. The van der Waals surface area contributed by atoms with Crippen molar-refractivity contribution in [1.82, 2.24) is 0 Å². The average Bonchev–Trinajstić information content (AvgIpc) is 1.21. The van der Waals surface area contributed by atoms with Gasteiger partial charge in [0.1, 0.15) is 0 Å². The summed E-state index contributed by atoms with van der Waals surface area (Å²) in [7, 11) is 0. The van der Waals surface area contributed by atoms with E-state index in [9.17, 15) is 0 Å². The van der Waals surface area contributed by atoms with Crippen LogP contribution in [0.5, 0.6) is 0 Å². The second-order valence-electron chi connectivity index (χ2n) is 2.10. The van der Waals surface area contributed by atoms with Gasteiger partial charge in [0.05, 0.1) is 3.41 Å². The molecule has 0 fully saturated rings. The van der Waals surface area contributed by atoms with Crippen LogP contribution < -0.4 is 0 Å².